The van der Waals surface area contributed by atoms with Crippen molar-refractivity contribution in [2.24, 2.45) is 0 Å². The maximum absolute atomic E-state index is 12.2. The molecule has 0 aliphatic rings. The summed E-state index contributed by atoms with van der Waals surface area (Å²) in [6.45, 7) is 6.34. The van der Waals surface area contributed by atoms with Crippen LogP contribution >= 0.6 is 11.3 Å². The van der Waals surface area contributed by atoms with Crippen molar-refractivity contribution in [3.63, 3.8) is 0 Å². The van der Waals surface area contributed by atoms with Crippen molar-refractivity contribution in [2.45, 2.75) is 26.2 Å². The second kappa shape index (κ2) is 5.73. The van der Waals surface area contributed by atoms with Crippen molar-refractivity contribution in [3.05, 3.63) is 34.8 Å². The van der Waals surface area contributed by atoms with Crippen LogP contribution in [-0.2, 0) is 5.41 Å². The second-order valence-electron chi connectivity index (χ2n) is 5.69. The lowest BCUT2D eigenvalue weighted by Crippen LogP contribution is -2.16. The van der Waals surface area contributed by atoms with Gasteiger partial charge in [-0.15, -0.1) is 11.3 Å². The molecule has 2 aromatic rings. The molecule has 0 unspecified atom stereocenters. The number of ether oxygens (including phenoxy) is 1. The van der Waals surface area contributed by atoms with Gasteiger partial charge in [-0.2, -0.15) is 0 Å². The summed E-state index contributed by atoms with van der Waals surface area (Å²) < 4.78 is 5.30. The number of nitrogen functional groups attached to an aromatic ring is 1. The third kappa shape index (κ3) is 3.52. The van der Waals surface area contributed by atoms with Crippen LogP contribution in [0.4, 0.5) is 10.8 Å². The predicted octanol–water partition coefficient (Wildman–Crippen LogP) is 3.28. The maximum atomic E-state index is 12.2. The summed E-state index contributed by atoms with van der Waals surface area (Å²) in [5.74, 6) is 0.312. The van der Waals surface area contributed by atoms with Crippen molar-refractivity contribution >= 4 is 28.1 Å². The zero-order chi connectivity index (χ0) is 15.6. The summed E-state index contributed by atoms with van der Waals surface area (Å²) >= 11 is 1.24. The first-order valence-corrected chi connectivity index (χ1v) is 7.40. The zero-order valence-corrected chi connectivity index (χ0v) is 13.4. The van der Waals surface area contributed by atoms with Gasteiger partial charge in [0.2, 0.25) is 0 Å². The molecule has 6 heteroatoms. The Bertz CT molecular complexity index is 659. The van der Waals surface area contributed by atoms with Gasteiger partial charge in [-0.25, -0.2) is 4.98 Å². The van der Waals surface area contributed by atoms with Crippen LogP contribution in [0.3, 0.4) is 0 Å². The third-order valence-corrected chi connectivity index (χ3v) is 3.74. The highest BCUT2D eigenvalue weighted by molar-refractivity contribution is 7.13. The molecule has 0 saturated heterocycles. The maximum Gasteiger partial charge on any atom is 0.275 e. The summed E-state index contributed by atoms with van der Waals surface area (Å²) in [5, 5.41) is 4.83. The molecule has 1 heterocycles. The molecule has 0 saturated carbocycles. The number of anilines is 2. The van der Waals surface area contributed by atoms with Gasteiger partial charge in [0.15, 0.2) is 5.13 Å². The average Bonchev–Trinajstić information content (AvgIpc) is 2.84. The van der Waals surface area contributed by atoms with Crippen LogP contribution in [-0.4, -0.2) is 18.0 Å². The minimum Gasteiger partial charge on any atom is -0.495 e. The first kappa shape index (κ1) is 15.3. The summed E-state index contributed by atoms with van der Waals surface area (Å²) in [7, 11) is 1.57. The molecule has 1 aromatic heterocycles. The van der Waals surface area contributed by atoms with E-state index in [4.69, 9.17) is 10.5 Å². The van der Waals surface area contributed by atoms with Crippen LogP contribution in [0.2, 0.25) is 0 Å². The number of benzene rings is 1. The van der Waals surface area contributed by atoms with Gasteiger partial charge in [0.05, 0.1) is 12.8 Å². The Morgan fingerprint density at radius 1 is 1.38 bits per heavy atom. The Morgan fingerprint density at radius 3 is 2.62 bits per heavy atom. The van der Waals surface area contributed by atoms with Crippen molar-refractivity contribution < 1.29 is 9.53 Å². The number of carbonyl (C=O) groups is 1. The van der Waals surface area contributed by atoms with E-state index in [0.717, 1.165) is 5.56 Å². The predicted molar refractivity (Wildman–Crippen MR) is 86.2 cm³/mol. The largest absolute Gasteiger partial charge is 0.495 e. The number of nitrogens with two attached hydrogens (primary N) is 1. The van der Waals surface area contributed by atoms with Gasteiger partial charge in [0.1, 0.15) is 11.4 Å². The molecule has 0 radical (unpaired) electrons. The molecular weight excluding hydrogens is 286 g/mol. The highest BCUT2D eigenvalue weighted by atomic mass is 32.1. The Balaban J connectivity index is 2.31. The van der Waals surface area contributed by atoms with Gasteiger partial charge >= 0.3 is 0 Å². The van der Waals surface area contributed by atoms with E-state index in [0.29, 0.717) is 22.3 Å². The van der Waals surface area contributed by atoms with E-state index in [9.17, 15) is 4.79 Å². The number of amides is 1. The van der Waals surface area contributed by atoms with Crippen LogP contribution < -0.4 is 15.8 Å². The number of rotatable bonds is 3. The molecule has 0 spiro atoms. The lowest BCUT2D eigenvalue weighted by Gasteiger charge is -2.21. The zero-order valence-electron chi connectivity index (χ0n) is 12.6. The molecule has 21 heavy (non-hydrogen) atoms. The number of methoxy groups -OCH3 is 1. The van der Waals surface area contributed by atoms with E-state index < -0.39 is 0 Å². The van der Waals surface area contributed by atoms with E-state index in [1.54, 1.807) is 12.5 Å². The van der Waals surface area contributed by atoms with E-state index in [-0.39, 0.29) is 11.3 Å². The number of thiazole rings is 1. The van der Waals surface area contributed by atoms with E-state index in [1.165, 1.54) is 11.3 Å². The standard InChI is InChI=1S/C15H19N3O2S/c1-15(2,3)9-5-6-12(20-4)10(7-9)17-13(19)11-8-21-14(16)18-11/h5-8H,1-4H3,(H2,16,18)(H,17,19). The van der Waals surface area contributed by atoms with Gasteiger partial charge in [-0.1, -0.05) is 26.8 Å². The van der Waals surface area contributed by atoms with Crippen molar-refractivity contribution in [2.75, 3.05) is 18.2 Å². The molecule has 112 valence electrons. The highest BCUT2D eigenvalue weighted by Gasteiger charge is 2.18. The summed E-state index contributed by atoms with van der Waals surface area (Å²) in [4.78, 5) is 16.2. The molecule has 1 aromatic carbocycles. The first-order chi connectivity index (χ1) is 9.81. The Kier molecular flexibility index (Phi) is 4.18. The number of nitrogens with one attached hydrogen (secondary N) is 1. The number of nitrogens with zero attached hydrogens (tertiary/aromatic N) is 1. The second-order valence-corrected chi connectivity index (χ2v) is 6.58. The van der Waals surface area contributed by atoms with Crippen molar-refractivity contribution in [3.8, 4) is 5.75 Å². The molecule has 0 aliphatic carbocycles. The SMILES string of the molecule is COc1ccc(C(C)(C)C)cc1NC(=O)c1csc(N)n1. The van der Waals surface area contributed by atoms with Crippen LogP contribution in [0.5, 0.6) is 5.75 Å². The van der Waals surface area contributed by atoms with E-state index >= 15 is 0 Å². The summed E-state index contributed by atoms with van der Waals surface area (Å²) in [6, 6.07) is 5.77. The molecule has 3 N–H and O–H groups in total. The Hall–Kier alpha value is -2.08. The molecule has 0 atom stereocenters. The number of carbonyl (C=O) groups excluding carboxylic acids is 1. The third-order valence-electron chi connectivity index (χ3n) is 3.07. The quantitative estimate of drug-likeness (QED) is 0.912. The minimum absolute atomic E-state index is 0.0171. The Labute approximate surface area is 128 Å². The highest BCUT2D eigenvalue weighted by Crippen LogP contribution is 2.31. The molecule has 0 aliphatic heterocycles. The van der Waals surface area contributed by atoms with E-state index in [1.807, 2.05) is 18.2 Å². The minimum atomic E-state index is -0.299. The number of hydrogen-bond acceptors (Lipinski definition) is 5. The molecule has 1 amide bonds. The lowest BCUT2D eigenvalue weighted by atomic mass is 9.87. The molecule has 0 bridgehead atoms. The Morgan fingerprint density at radius 2 is 2.10 bits per heavy atom. The monoisotopic (exact) mass is 305 g/mol. The van der Waals surface area contributed by atoms with E-state index in [2.05, 4.69) is 31.1 Å². The van der Waals surface area contributed by atoms with Crippen LogP contribution in [0, 0.1) is 0 Å². The fourth-order valence-corrected chi connectivity index (χ4v) is 2.39. The molecular formula is C15H19N3O2S. The smallest absolute Gasteiger partial charge is 0.275 e. The van der Waals surface area contributed by atoms with Gasteiger partial charge < -0.3 is 15.8 Å². The molecule has 0 fully saturated rings. The molecule has 5 nitrogen and oxygen atoms in total. The first-order valence-electron chi connectivity index (χ1n) is 6.52. The number of aromatic nitrogens is 1. The van der Waals surface area contributed by atoms with Crippen LogP contribution in [0.25, 0.3) is 0 Å². The summed E-state index contributed by atoms with van der Waals surface area (Å²) in [6.07, 6.45) is 0. The number of hydrogen-bond donors (Lipinski definition) is 2. The van der Waals surface area contributed by atoms with Crippen LogP contribution in [0.15, 0.2) is 23.6 Å². The summed E-state index contributed by atoms with van der Waals surface area (Å²) in [5.41, 5.74) is 7.57. The van der Waals surface area contributed by atoms with Crippen molar-refractivity contribution in [1.29, 1.82) is 0 Å². The molecule has 2 rings (SSSR count). The van der Waals surface area contributed by atoms with Gasteiger partial charge in [0.25, 0.3) is 5.91 Å². The van der Waals surface area contributed by atoms with Gasteiger partial charge in [-0.05, 0) is 23.1 Å². The lowest BCUT2D eigenvalue weighted by molar-refractivity contribution is 0.102. The van der Waals surface area contributed by atoms with Gasteiger partial charge in [0, 0.05) is 5.38 Å². The fraction of sp³-hybridized carbons (Fsp3) is 0.333. The van der Waals surface area contributed by atoms with Gasteiger partial charge in [-0.3, -0.25) is 4.79 Å². The van der Waals surface area contributed by atoms with Crippen molar-refractivity contribution in [1.82, 2.24) is 4.98 Å². The van der Waals surface area contributed by atoms with Crippen LogP contribution in [0.1, 0.15) is 36.8 Å². The normalized spacial score (nSPS) is 11.2. The fourth-order valence-electron chi connectivity index (χ4n) is 1.85. The topological polar surface area (TPSA) is 77.2 Å². The average molecular weight is 305 g/mol.